The van der Waals surface area contributed by atoms with E-state index >= 15 is 0 Å². The molecule has 1 heterocycles. The normalized spacial score (nSPS) is 17.1. The van der Waals surface area contributed by atoms with Crippen LogP contribution in [-0.2, 0) is 0 Å². The SMILES string of the molecule is NC(=O)N1NC=CCN1. The summed E-state index contributed by atoms with van der Waals surface area (Å²) in [6.07, 6.45) is 3.47. The van der Waals surface area contributed by atoms with Crippen LogP contribution in [0.25, 0.3) is 0 Å². The van der Waals surface area contributed by atoms with Gasteiger partial charge in [-0.05, 0) is 0 Å². The van der Waals surface area contributed by atoms with Gasteiger partial charge in [0.2, 0.25) is 0 Å². The topological polar surface area (TPSA) is 70.4 Å². The van der Waals surface area contributed by atoms with Crippen molar-refractivity contribution in [1.29, 1.82) is 0 Å². The number of hydrogen-bond donors (Lipinski definition) is 3. The van der Waals surface area contributed by atoms with Crippen LogP contribution in [0.4, 0.5) is 4.79 Å². The van der Waals surface area contributed by atoms with Gasteiger partial charge in [0.25, 0.3) is 0 Å². The summed E-state index contributed by atoms with van der Waals surface area (Å²) in [7, 11) is 0. The molecule has 2 amide bonds. The van der Waals surface area contributed by atoms with E-state index in [1.807, 2.05) is 6.08 Å². The van der Waals surface area contributed by atoms with Gasteiger partial charge in [-0.3, -0.25) is 5.43 Å². The molecule has 0 aromatic carbocycles. The molecular weight excluding hydrogens is 120 g/mol. The fraction of sp³-hybridized carbons (Fsp3) is 0.250. The molecule has 0 spiro atoms. The largest absolute Gasteiger partial charge is 0.349 e. The maximum atomic E-state index is 10.3. The second-order valence-electron chi connectivity index (χ2n) is 1.57. The van der Waals surface area contributed by atoms with Crippen LogP contribution >= 0.6 is 0 Å². The molecule has 5 heteroatoms. The summed E-state index contributed by atoms with van der Waals surface area (Å²) in [5.41, 5.74) is 10.2. The Bertz CT molecular complexity index is 144. The van der Waals surface area contributed by atoms with E-state index < -0.39 is 6.03 Å². The summed E-state index contributed by atoms with van der Waals surface area (Å²) in [5, 5.41) is 1.11. The highest BCUT2D eigenvalue weighted by atomic mass is 16.2. The molecule has 0 radical (unpaired) electrons. The van der Waals surface area contributed by atoms with Crippen molar-refractivity contribution in [2.75, 3.05) is 6.54 Å². The minimum absolute atomic E-state index is 0.542. The third kappa shape index (κ3) is 1.33. The van der Waals surface area contributed by atoms with Crippen LogP contribution in [0.5, 0.6) is 0 Å². The van der Waals surface area contributed by atoms with Crippen molar-refractivity contribution in [2.24, 2.45) is 5.73 Å². The molecule has 1 rings (SSSR count). The maximum absolute atomic E-state index is 10.3. The number of hydrogen-bond acceptors (Lipinski definition) is 3. The number of primary amides is 1. The summed E-state index contributed by atoms with van der Waals surface area (Å²) >= 11 is 0. The number of nitrogens with two attached hydrogens (primary N) is 1. The number of carbonyl (C=O) groups excluding carboxylic acids is 1. The molecule has 50 valence electrons. The van der Waals surface area contributed by atoms with Gasteiger partial charge in [0.15, 0.2) is 0 Å². The van der Waals surface area contributed by atoms with E-state index in [9.17, 15) is 4.79 Å². The molecule has 0 unspecified atom stereocenters. The van der Waals surface area contributed by atoms with Crippen LogP contribution < -0.4 is 16.6 Å². The van der Waals surface area contributed by atoms with Crippen molar-refractivity contribution in [1.82, 2.24) is 16.0 Å². The zero-order chi connectivity index (χ0) is 6.69. The molecule has 0 saturated heterocycles. The maximum Gasteiger partial charge on any atom is 0.348 e. The van der Waals surface area contributed by atoms with E-state index in [1.165, 1.54) is 0 Å². The van der Waals surface area contributed by atoms with Crippen LogP contribution in [0.3, 0.4) is 0 Å². The van der Waals surface area contributed by atoms with E-state index in [1.54, 1.807) is 6.20 Å². The lowest BCUT2D eigenvalue weighted by molar-refractivity contribution is 0.155. The van der Waals surface area contributed by atoms with E-state index in [0.717, 1.165) is 5.12 Å². The first-order valence-corrected chi connectivity index (χ1v) is 2.55. The molecule has 9 heavy (non-hydrogen) atoms. The minimum atomic E-state index is -0.542. The Morgan fingerprint density at radius 1 is 1.78 bits per heavy atom. The number of rotatable bonds is 0. The molecular formula is C4H8N4O. The first kappa shape index (κ1) is 5.90. The zero-order valence-corrected chi connectivity index (χ0v) is 4.79. The molecule has 1 aliphatic rings. The average Bonchev–Trinajstić information content (AvgIpc) is 1.90. The molecule has 0 atom stereocenters. The Morgan fingerprint density at radius 3 is 2.89 bits per heavy atom. The first-order chi connectivity index (χ1) is 4.30. The molecule has 1 aliphatic heterocycles. The second kappa shape index (κ2) is 2.36. The number of urea groups is 1. The number of carbonyl (C=O) groups is 1. The zero-order valence-electron chi connectivity index (χ0n) is 4.79. The predicted octanol–water partition coefficient (Wildman–Crippen LogP) is -1.10. The predicted molar refractivity (Wildman–Crippen MR) is 31.7 cm³/mol. The smallest absolute Gasteiger partial charge is 0.348 e. The molecule has 5 nitrogen and oxygen atoms in total. The van der Waals surface area contributed by atoms with Crippen molar-refractivity contribution in [2.45, 2.75) is 0 Å². The van der Waals surface area contributed by atoms with E-state index in [4.69, 9.17) is 5.73 Å². The lowest BCUT2D eigenvalue weighted by Gasteiger charge is -2.22. The molecule has 0 aliphatic carbocycles. The molecule has 0 aromatic rings. The highest BCUT2D eigenvalue weighted by Crippen LogP contribution is 1.81. The highest BCUT2D eigenvalue weighted by Gasteiger charge is 2.06. The number of amides is 2. The lowest BCUT2D eigenvalue weighted by atomic mass is 10.6. The summed E-state index contributed by atoms with van der Waals surface area (Å²) in [6.45, 7) is 0.621. The van der Waals surface area contributed by atoms with Crippen molar-refractivity contribution < 1.29 is 4.79 Å². The lowest BCUT2D eigenvalue weighted by Crippen LogP contribution is -2.54. The Balaban J connectivity index is 2.44. The monoisotopic (exact) mass is 128 g/mol. The molecule has 0 saturated carbocycles. The van der Waals surface area contributed by atoms with Gasteiger partial charge < -0.3 is 5.73 Å². The quantitative estimate of drug-likeness (QED) is 0.388. The molecule has 0 bridgehead atoms. The van der Waals surface area contributed by atoms with Gasteiger partial charge in [0.05, 0.1) is 0 Å². The van der Waals surface area contributed by atoms with E-state index in [-0.39, 0.29) is 0 Å². The summed E-state index contributed by atoms with van der Waals surface area (Å²) in [4.78, 5) is 10.3. The summed E-state index contributed by atoms with van der Waals surface area (Å²) in [6, 6.07) is -0.542. The first-order valence-electron chi connectivity index (χ1n) is 2.55. The Hall–Kier alpha value is -1.23. The van der Waals surface area contributed by atoms with Crippen LogP contribution in [0.1, 0.15) is 0 Å². The number of nitrogens with one attached hydrogen (secondary N) is 2. The van der Waals surface area contributed by atoms with Crippen LogP contribution in [0.2, 0.25) is 0 Å². The highest BCUT2D eigenvalue weighted by molar-refractivity contribution is 5.71. The van der Waals surface area contributed by atoms with Crippen LogP contribution in [0.15, 0.2) is 12.3 Å². The number of hydrazine groups is 2. The average molecular weight is 128 g/mol. The molecule has 4 N–H and O–H groups in total. The van der Waals surface area contributed by atoms with Gasteiger partial charge in [0.1, 0.15) is 0 Å². The summed E-state index contributed by atoms with van der Waals surface area (Å²) < 4.78 is 0. The minimum Gasteiger partial charge on any atom is -0.349 e. The Kier molecular flexibility index (Phi) is 1.55. The Morgan fingerprint density at radius 2 is 2.56 bits per heavy atom. The fourth-order valence-electron chi connectivity index (χ4n) is 0.517. The van der Waals surface area contributed by atoms with Crippen LogP contribution in [0, 0.1) is 0 Å². The third-order valence-corrected chi connectivity index (χ3v) is 0.909. The molecule has 0 aromatic heterocycles. The Labute approximate surface area is 52.4 Å². The van der Waals surface area contributed by atoms with Gasteiger partial charge in [0, 0.05) is 12.7 Å². The van der Waals surface area contributed by atoms with Gasteiger partial charge in [-0.25, -0.2) is 10.2 Å². The number of nitrogens with zero attached hydrogens (tertiary/aromatic N) is 1. The third-order valence-electron chi connectivity index (χ3n) is 0.909. The van der Waals surface area contributed by atoms with E-state index in [2.05, 4.69) is 10.9 Å². The van der Waals surface area contributed by atoms with E-state index in [0.29, 0.717) is 6.54 Å². The standard InChI is InChI=1S/C4H8N4O/c5-4(9)8-6-2-1-3-7-8/h1-2,6-7H,3H2,(H2,5,9). The van der Waals surface area contributed by atoms with Crippen molar-refractivity contribution >= 4 is 6.03 Å². The van der Waals surface area contributed by atoms with Gasteiger partial charge in [-0.2, -0.15) is 5.12 Å². The van der Waals surface area contributed by atoms with Gasteiger partial charge >= 0.3 is 6.03 Å². The van der Waals surface area contributed by atoms with Crippen molar-refractivity contribution in [3.8, 4) is 0 Å². The van der Waals surface area contributed by atoms with Crippen molar-refractivity contribution in [3.63, 3.8) is 0 Å². The van der Waals surface area contributed by atoms with Gasteiger partial charge in [-0.15, -0.1) is 0 Å². The summed E-state index contributed by atoms with van der Waals surface area (Å²) in [5.74, 6) is 0. The van der Waals surface area contributed by atoms with Gasteiger partial charge in [-0.1, -0.05) is 6.08 Å². The van der Waals surface area contributed by atoms with Crippen molar-refractivity contribution in [3.05, 3.63) is 12.3 Å². The van der Waals surface area contributed by atoms with Crippen LogP contribution in [-0.4, -0.2) is 17.7 Å². The fourth-order valence-corrected chi connectivity index (χ4v) is 0.517. The molecule has 0 fully saturated rings. The second-order valence-corrected chi connectivity index (χ2v) is 1.57.